The molecule has 5 rings (SSSR count). The van der Waals surface area contributed by atoms with Crippen LogP contribution in [0.5, 0.6) is 0 Å². The molecule has 1 atom stereocenters. The molecular formula is C23H20ClF3N4OS. The summed E-state index contributed by atoms with van der Waals surface area (Å²) in [4.78, 5) is 13.3. The van der Waals surface area contributed by atoms with Crippen LogP contribution in [0.3, 0.4) is 0 Å². The molecular weight excluding hydrogens is 473 g/mol. The van der Waals surface area contributed by atoms with Crippen LogP contribution in [0.25, 0.3) is 0 Å². The second kappa shape index (κ2) is 8.68. The molecule has 0 radical (unpaired) electrons. The summed E-state index contributed by atoms with van der Waals surface area (Å²) < 4.78 is 41.9. The van der Waals surface area contributed by atoms with Crippen molar-refractivity contribution >= 4 is 35.0 Å². The van der Waals surface area contributed by atoms with Gasteiger partial charge in [-0.05, 0) is 49.4 Å². The zero-order valence-electron chi connectivity index (χ0n) is 17.3. The van der Waals surface area contributed by atoms with E-state index in [0.717, 1.165) is 49.2 Å². The number of alkyl halides is 3. The highest BCUT2D eigenvalue weighted by Gasteiger charge is 2.38. The van der Waals surface area contributed by atoms with Gasteiger partial charge in [0.1, 0.15) is 11.1 Å². The molecule has 1 N–H and O–H groups in total. The lowest BCUT2D eigenvalue weighted by atomic mass is 10.1. The number of halogens is 4. The Bertz CT molecular complexity index is 1180. The van der Waals surface area contributed by atoms with Crippen LogP contribution >= 0.6 is 23.4 Å². The van der Waals surface area contributed by atoms with E-state index in [9.17, 15) is 18.0 Å². The van der Waals surface area contributed by atoms with Crippen molar-refractivity contribution in [2.24, 2.45) is 0 Å². The van der Waals surface area contributed by atoms with Gasteiger partial charge in [0.05, 0.1) is 10.6 Å². The number of anilines is 1. The zero-order valence-corrected chi connectivity index (χ0v) is 18.9. The minimum atomic E-state index is -4.62. The van der Waals surface area contributed by atoms with Gasteiger partial charge in [0.25, 0.3) is 0 Å². The molecule has 1 aromatic heterocycles. The maximum atomic E-state index is 13.3. The van der Waals surface area contributed by atoms with Crippen LogP contribution < -0.4 is 5.32 Å². The van der Waals surface area contributed by atoms with Crippen molar-refractivity contribution in [3.05, 3.63) is 70.5 Å². The van der Waals surface area contributed by atoms with Gasteiger partial charge in [0.2, 0.25) is 5.91 Å². The van der Waals surface area contributed by atoms with Gasteiger partial charge >= 0.3 is 6.18 Å². The van der Waals surface area contributed by atoms with E-state index in [1.165, 1.54) is 17.8 Å². The smallest absolute Gasteiger partial charge is 0.325 e. The second-order valence-corrected chi connectivity index (χ2v) is 9.79. The molecule has 10 heteroatoms. The Kier molecular flexibility index (Phi) is 5.86. The van der Waals surface area contributed by atoms with E-state index >= 15 is 0 Å². The van der Waals surface area contributed by atoms with E-state index < -0.39 is 27.9 Å². The molecule has 172 valence electrons. The zero-order chi connectivity index (χ0) is 23.2. The summed E-state index contributed by atoms with van der Waals surface area (Å²) >= 11 is 6.99. The number of thioether (sulfide) groups is 1. The summed E-state index contributed by atoms with van der Waals surface area (Å²) in [5, 5.41) is 10.9. The van der Waals surface area contributed by atoms with E-state index in [1.54, 1.807) is 0 Å². The van der Waals surface area contributed by atoms with Crippen molar-refractivity contribution < 1.29 is 18.0 Å². The molecule has 0 spiro atoms. The van der Waals surface area contributed by atoms with Gasteiger partial charge in [-0.1, -0.05) is 53.7 Å². The molecule has 3 aromatic rings. The van der Waals surface area contributed by atoms with Crippen molar-refractivity contribution in [3.8, 4) is 0 Å². The van der Waals surface area contributed by atoms with E-state index in [-0.39, 0.29) is 5.69 Å². The summed E-state index contributed by atoms with van der Waals surface area (Å²) in [6.45, 7) is 0. The summed E-state index contributed by atoms with van der Waals surface area (Å²) in [6.07, 6.45) is -0.325. The SMILES string of the molecule is O=C(Nc1ccc(Cl)c(C(F)(F)F)c1)C(Sc1nnc(C2CC2)n1C1CC1)c1ccccc1. The molecule has 2 aliphatic carbocycles. The van der Waals surface area contributed by atoms with Crippen LogP contribution in [0.2, 0.25) is 5.02 Å². The summed E-state index contributed by atoms with van der Waals surface area (Å²) in [6, 6.07) is 12.8. The molecule has 1 unspecified atom stereocenters. The highest BCUT2D eigenvalue weighted by Crippen LogP contribution is 2.48. The van der Waals surface area contributed by atoms with E-state index in [4.69, 9.17) is 11.6 Å². The monoisotopic (exact) mass is 492 g/mol. The molecule has 33 heavy (non-hydrogen) atoms. The minimum Gasteiger partial charge on any atom is -0.325 e. The molecule has 0 bridgehead atoms. The number of rotatable bonds is 7. The van der Waals surface area contributed by atoms with Crippen LogP contribution in [-0.4, -0.2) is 20.7 Å². The fourth-order valence-electron chi connectivity index (χ4n) is 3.70. The van der Waals surface area contributed by atoms with Crippen LogP contribution in [0.15, 0.2) is 53.7 Å². The number of aromatic nitrogens is 3. The average molecular weight is 493 g/mol. The molecule has 2 aliphatic rings. The third kappa shape index (κ3) is 4.89. The van der Waals surface area contributed by atoms with E-state index in [2.05, 4.69) is 20.1 Å². The average Bonchev–Trinajstić information content (AvgIpc) is 3.72. The predicted octanol–water partition coefficient (Wildman–Crippen LogP) is 6.63. The first-order chi connectivity index (χ1) is 15.8. The molecule has 5 nitrogen and oxygen atoms in total. The topological polar surface area (TPSA) is 59.8 Å². The summed E-state index contributed by atoms with van der Waals surface area (Å²) in [5.41, 5.74) is -0.239. The van der Waals surface area contributed by atoms with Gasteiger partial charge in [-0.15, -0.1) is 10.2 Å². The molecule has 2 aromatic carbocycles. The van der Waals surface area contributed by atoms with Gasteiger partial charge in [-0.25, -0.2) is 0 Å². The van der Waals surface area contributed by atoms with Gasteiger partial charge in [-0.3, -0.25) is 4.79 Å². The molecule has 2 fully saturated rings. The first-order valence-electron chi connectivity index (χ1n) is 10.7. The van der Waals surface area contributed by atoms with Crippen molar-refractivity contribution in [1.82, 2.24) is 14.8 Å². The Labute approximate surface area is 197 Å². The van der Waals surface area contributed by atoms with Gasteiger partial charge in [0, 0.05) is 17.6 Å². The van der Waals surface area contributed by atoms with Gasteiger partial charge in [0.15, 0.2) is 5.16 Å². The highest BCUT2D eigenvalue weighted by atomic mass is 35.5. The lowest BCUT2D eigenvalue weighted by Gasteiger charge is -2.18. The normalized spacial score (nSPS) is 17.1. The number of amides is 1. The lowest BCUT2D eigenvalue weighted by Crippen LogP contribution is -2.20. The number of carbonyl (C=O) groups excluding carboxylic acids is 1. The number of nitrogens with one attached hydrogen (secondary N) is 1. The summed E-state index contributed by atoms with van der Waals surface area (Å²) in [5.74, 6) is 0.950. The molecule has 1 amide bonds. The Balaban J connectivity index is 1.44. The largest absolute Gasteiger partial charge is 0.417 e. The van der Waals surface area contributed by atoms with Crippen LogP contribution in [-0.2, 0) is 11.0 Å². The van der Waals surface area contributed by atoms with Gasteiger partial charge < -0.3 is 9.88 Å². The van der Waals surface area contributed by atoms with Crippen molar-refractivity contribution in [2.75, 3.05) is 5.32 Å². The minimum absolute atomic E-state index is 0.0283. The van der Waals surface area contributed by atoms with Crippen molar-refractivity contribution in [3.63, 3.8) is 0 Å². The molecule has 0 aliphatic heterocycles. The standard InChI is InChI=1S/C23H20ClF3N4OS/c24-18-11-8-15(12-17(18)23(25,26)27)28-21(32)19(13-4-2-1-3-5-13)33-22-30-29-20(14-6-7-14)31(22)16-9-10-16/h1-5,8,11-12,14,16,19H,6-7,9-10H2,(H,28,32). The lowest BCUT2D eigenvalue weighted by molar-refractivity contribution is -0.137. The Morgan fingerprint density at radius 2 is 1.82 bits per heavy atom. The first kappa shape index (κ1) is 22.3. The Morgan fingerprint density at radius 3 is 2.45 bits per heavy atom. The molecule has 1 heterocycles. The maximum absolute atomic E-state index is 13.3. The third-order valence-electron chi connectivity index (χ3n) is 5.65. The number of benzene rings is 2. The number of hydrogen-bond donors (Lipinski definition) is 1. The fraction of sp³-hybridized carbons (Fsp3) is 0.348. The Morgan fingerprint density at radius 1 is 1.09 bits per heavy atom. The van der Waals surface area contributed by atoms with Crippen LogP contribution in [0, 0.1) is 0 Å². The summed E-state index contributed by atoms with van der Waals surface area (Å²) in [7, 11) is 0. The number of carbonyl (C=O) groups is 1. The maximum Gasteiger partial charge on any atom is 0.417 e. The highest BCUT2D eigenvalue weighted by molar-refractivity contribution is 8.00. The van der Waals surface area contributed by atoms with Crippen molar-refractivity contribution in [1.29, 1.82) is 0 Å². The van der Waals surface area contributed by atoms with Crippen LogP contribution in [0.4, 0.5) is 18.9 Å². The number of hydrogen-bond acceptors (Lipinski definition) is 4. The molecule has 2 saturated carbocycles. The van der Waals surface area contributed by atoms with E-state index in [1.807, 2.05) is 30.3 Å². The third-order valence-corrected chi connectivity index (χ3v) is 7.19. The molecule has 0 saturated heterocycles. The first-order valence-corrected chi connectivity index (χ1v) is 11.9. The van der Waals surface area contributed by atoms with E-state index in [0.29, 0.717) is 17.1 Å². The van der Waals surface area contributed by atoms with Gasteiger partial charge in [-0.2, -0.15) is 13.2 Å². The Hall–Kier alpha value is -2.52. The number of nitrogens with zero attached hydrogens (tertiary/aromatic N) is 3. The quantitative estimate of drug-likeness (QED) is 0.376. The van der Waals surface area contributed by atoms with Crippen LogP contribution in [0.1, 0.15) is 59.8 Å². The predicted molar refractivity (Wildman–Crippen MR) is 120 cm³/mol. The van der Waals surface area contributed by atoms with Crippen molar-refractivity contribution in [2.45, 2.75) is 54.2 Å². The second-order valence-electron chi connectivity index (χ2n) is 8.31. The fourth-order valence-corrected chi connectivity index (χ4v) is 5.04.